The zero-order valence-corrected chi connectivity index (χ0v) is 16.3. The third-order valence-corrected chi connectivity index (χ3v) is 3.92. The maximum atomic E-state index is 12.7. The fraction of sp³-hybridized carbons (Fsp3) is 0.450. The van der Waals surface area contributed by atoms with E-state index in [1.165, 1.54) is 6.92 Å². The highest BCUT2D eigenvalue weighted by molar-refractivity contribution is 5.95. The van der Waals surface area contributed by atoms with Crippen LogP contribution in [0.5, 0.6) is 0 Å². The van der Waals surface area contributed by atoms with Gasteiger partial charge in [0.25, 0.3) is 5.91 Å². The number of ketones is 1. The molecule has 1 heterocycles. The molecule has 0 saturated carbocycles. The van der Waals surface area contributed by atoms with Gasteiger partial charge < -0.3 is 10.1 Å². The minimum atomic E-state index is -1.31. The molecule has 7 heteroatoms. The van der Waals surface area contributed by atoms with Crippen LogP contribution in [0.1, 0.15) is 46.6 Å². The predicted molar refractivity (Wildman–Crippen MR) is 100 cm³/mol. The van der Waals surface area contributed by atoms with Gasteiger partial charge in [0, 0.05) is 0 Å². The summed E-state index contributed by atoms with van der Waals surface area (Å²) in [6, 6.07) is 8.42. The Morgan fingerprint density at radius 2 is 1.85 bits per heavy atom. The van der Waals surface area contributed by atoms with Crippen LogP contribution < -0.4 is 10.8 Å². The van der Waals surface area contributed by atoms with Crippen LogP contribution in [-0.4, -0.2) is 34.9 Å². The van der Waals surface area contributed by atoms with Crippen LogP contribution >= 0.6 is 0 Å². The fourth-order valence-electron chi connectivity index (χ4n) is 2.51. The molecule has 0 radical (unpaired) electrons. The largest absolute Gasteiger partial charge is 0.460 e. The zero-order chi connectivity index (χ0) is 20.2. The number of rotatable bonds is 6. The molecule has 0 aliphatic carbocycles. The predicted octanol–water partition coefficient (Wildman–Crippen LogP) is 2.13. The molecule has 1 aliphatic rings. The lowest BCUT2D eigenvalue weighted by Crippen LogP contribution is -2.51. The molecule has 1 aromatic rings. The van der Waals surface area contributed by atoms with E-state index in [0.717, 1.165) is 5.56 Å². The van der Waals surface area contributed by atoms with Gasteiger partial charge in [0.1, 0.15) is 5.60 Å². The maximum Gasteiger partial charge on any atom is 0.308 e. The average molecular weight is 374 g/mol. The first-order valence-electron chi connectivity index (χ1n) is 8.76. The van der Waals surface area contributed by atoms with Crippen molar-refractivity contribution in [2.24, 2.45) is 0 Å². The second-order valence-electron chi connectivity index (χ2n) is 7.66. The van der Waals surface area contributed by atoms with Crippen molar-refractivity contribution in [3.8, 4) is 0 Å². The molecule has 0 spiro atoms. The molecule has 27 heavy (non-hydrogen) atoms. The molecule has 1 aromatic carbocycles. The van der Waals surface area contributed by atoms with E-state index in [4.69, 9.17) is 9.57 Å². The molecule has 2 rings (SSSR count). The molecule has 7 nitrogen and oxygen atoms in total. The average Bonchev–Trinajstić information content (AvgIpc) is 2.97. The number of Topliss-reactive ketones (excluding diaryl/α,β-unsaturated/α-hetero) is 1. The summed E-state index contributed by atoms with van der Waals surface area (Å²) in [6.45, 7) is 8.11. The summed E-state index contributed by atoms with van der Waals surface area (Å²) in [5, 5.41) is 2.59. The Balaban J connectivity index is 2.08. The third kappa shape index (κ3) is 5.65. The molecular weight excluding hydrogens is 348 g/mol. The first-order valence-corrected chi connectivity index (χ1v) is 8.76. The summed E-state index contributed by atoms with van der Waals surface area (Å²) in [5.74, 6) is -1.42. The highest BCUT2D eigenvalue weighted by Crippen LogP contribution is 2.26. The summed E-state index contributed by atoms with van der Waals surface area (Å²) < 4.78 is 5.23. The number of hydrogen-bond acceptors (Lipinski definition) is 6. The summed E-state index contributed by atoms with van der Waals surface area (Å²) in [5.41, 5.74) is 2.28. The van der Waals surface area contributed by atoms with Gasteiger partial charge in [0.2, 0.25) is 0 Å². The quantitative estimate of drug-likeness (QED) is 0.741. The normalized spacial score (nSPS) is 20.3. The van der Waals surface area contributed by atoms with Crippen LogP contribution in [0, 0.1) is 0 Å². The van der Waals surface area contributed by atoms with Crippen LogP contribution in [0.25, 0.3) is 5.70 Å². The Morgan fingerprint density at radius 1 is 1.22 bits per heavy atom. The Bertz CT molecular complexity index is 751. The lowest BCUT2D eigenvalue weighted by atomic mass is 10.0. The molecule has 0 bridgehead atoms. The Labute approximate surface area is 159 Å². The summed E-state index contributed by atoms with van der Waals surface area (Å²) in [7, 11) is 0. The van der Waals surface area contributed by atoms with Crippen molar-refractivity contribution in [3.63, 3.8) is 0 Å². The van der Waals surface area contributed by atoms with Crippen LogP contribution in [0.15, 0.2) is 36.4 Å². The lowest BCUT2D eigenvalue weighted by molar-refractivity contribution is -0.157. The molecule has 0 aromatic heterocycles. The van der Waals surface area contributed by atoms with Gasteiger partial charge in [-0.05, 0) is 46.3 Å². The number of nitrogens with one attached hydrogen (secondary N) is 2. The first-order chi connectivity index (χ1) is 12.5. The monoisotopic (exact) mass is 374 g/mol. The van der Waals surface area contributed by atoms with Gasteiger partial charge in [-0.3, -0.25) is 24.7 Å². The number of esters is 1. The van der Waals surface area contributed by atoms with Gasteiger partial charge in [-0.25, -0.2) is 0 Å². The maximum absolute atomic E-state index is 12.7. The van der Waals surface area contributed by atoms with Crippen LogP contribution in [-0.2, 0) is 24.0 Å². The third-order valence-electron chi connectivity index (χ3n) is 3.92. The zero-order valence-electron chi connectivity index (χ0n) is 16.3. The molecular formula is C20H26N2O5. The highest BCUT2D eigenvalue weighted by atomic mass is 16.7. The van der Waals surface area contributed by atoms with E-state index in [9.17, 15) is 14.4 Å². The van der Waals surface area contributed by atoms with E-state index in [-0.39, 0.29) is 12.2 Å². The molecule has 2 N–H and O–H groups in total. The van der Waals surface area contributed by atoms with Crippen molar-refractivity contribution in [2.75, 3.05) is 0 Å². The SMILES string of the molecule is CC(=O)C(CC(=O)OC(C)(C)C)NC(=O)C1(C)C=C(c2ccccc2)NO1. The molecule has 146 valence electrons. The van der Waals surface area contributed by atoms with Crippen molar-refractivity contribution in [3.05, 3.63) is 42.0 Å². The smallest absolute Gasteiger partial charge is 0.308 e. The minimum Gasteiger partial charge on any atom is -0.460 e. The number of amides is 1. The topological polar surface area (TPSA) is 93.7 Å². The standard InChI is InChI=1S/C20H26N2O5/c1-13(23)15(11-17(24)26-19(2,3)4)21-18(25)20(5)12-16(22-27-20)14-9-7-6-8-10-14/h6-10,12,15,22H,11H2,1-5H3,(H,21,25). The van der Waals surface area contributed by atoms with Gasteiger partial charge in [-0.2, -0.15) is 0 Å². The van der Waals surface area contributed by atoms with Crippen molar-refractivity contribution >= 4 is 23.4 Å². The fourth-order valence-corrected chi connectivity index (χ4v) is 2.51. The van der Waals surface area contributed by atoms with Crippen molar-refractivity contribution in [1.29, 1.82) is 0 Å². The van der Waals surface area contributed by atoms with Crippen LogP contribution in [0.3, 0.4) is 0 Å². The number of benzene rings is 1. The second-order valence-corrected chi connectivity index (χ2v) is 7.66. The summed E-state index contributed by atoms with van der Waals surface area (Å²) >= 11 is 0. The van der Waals surface area contributed by atoms with Crippen molar-refractivity contribution < 1.29 is 24.0 Å². The minimum absolute atomic E-state index is 0.239. The van der Waals surface area contributed by atoms with E-state index in [2.05, 4.69) is 10.8 Å². The van der Waals surface area contributed by atoms with Gasteiger partial charge in [0.05, 0.1) is 18.2 Å². The molecule has 1 amide bonds. The molecule has 2 atom stereocenters. The van der Waals surface area contributed by atoms with Gasteiger partial charge in [0.15, 0.2) is 11.4 Å². The van der Waals surface area contributed by atoms with Crippen molar-refractivity contribution in [2.45, 2.75) is 58.3 Å². The summed E-state index contributed by atoms with van der Waals surface area (Å²) in [6.07, 6.45) is 1.40. The van der Waals surface area contributed by atoms with E-state index in [0.29, 0.717) is 5.70 Å². The molecule has 0 saturated heterocycles. The number of hydrogen-bond donors (Lipinski definition) is 2. The van der Waals surface area contributed by atoms with E-state index >= 15 is 0 Å². The van der Waals surface area contributed by atoms with E-state index in [1.807, 2.05) is 30.3 Å². The highest BCUT2D eigenvalue weighted by Gasteiger charge is 2.40. The number of carbonyl (C=O) groups excluding carboxylic acids is 3. The van der Waals surface area contributed by atoms with Gasteiger partial charge >= 0.3 is 5.97 Å². The molecule has 0 fully saturated rings. The summed E-state index contributed by atoms with van der Waals surface area (Å²) in [4.78, 5) is 42.1. The van der Waals surface area contributed by atoms with Crippen LogP contribution in [0.4, 0.5) is 0 Å². The Kier molecular flexibility index (Phi) is 6.05. The van der Waals surface area contributed by atoms with E-state index < -0.39 is 29.1 Å². The van der Waals surface area contributed by atoms with Crippen molar-refractivity contribution in [1.82, 2.24) is 10.8 Å². The number of carbonyl (C=O) groups is 3. The lowest BCUT2D eigenvalue weighted by Gasteiger charge is -2.24. The Hall–Kier alpha value is -2.67. The van der Waals surface area contributed by atoms with E-state index in [1.54, 1.807) is 33.8 Å². The molecule has 2 unspecified atom stereocenters. The van der Waals surface area contributed by atoms with Crippen LogP contribution in [0.2, 0.25) is 0 Å². The first kappa shape index (κ1) is 20.6. The van der Waals surface area contributed by atoms with Gasteiger partial charge in [-0.1, -0.05) is 30.3 Å². The molecule has 1 aliphatic heterocycles. The second kappa shape index (κ2) is 7.92. The number of hydroxylamine groups is 1. The number of ether oxygens (including phenoxy) is 1. The van der Waals surface area contributed by atoms with Gasteiger partial charge in [-0.15, -0.1) is 0 Å². The Morgan fingerprint density at radius 3 is 2.41 bits per heavy atom.